The molecule has 0 saturated heterocycles. The molecule has 1 heterocycles. The van der Waals surface area contributed by atoms with Gasteiger partial charge in [-0.25, -0.2) is 4.79 Å². The molecule has 0 atom stereocenters. The van der Waals surface area contributed by atoms with Crippen LogP contribution in [0.3, 0.4) is 0 Å². The van der Waals surface area contributed by atoms with Crippen LogP contribution in [-0.2, 0) is 13.6 Å². The summed E-state index contributed by atoms with van der Waals surface area (Å²) in [5, 5.41) is 0. The molecular formula is C20H24N2O2. The van der Waals surface area contributed by atoms with Crippen molar-refractivity contribution in [3.8, 4) is 16.9 Å². The van der Waals surface area contributed by atoms with Crippen LogP contribution < -0.4 is 10.4 Å². The van der Waals surface area contributed by atoms with Crippen molar-refractivity contribution in [2.24, 2.45) is 12.5 Å². The zero-order valence-corrected chi connectivity index (χ0v) is 15.0. The van der Waals surface area contributed by atoms with Crippen LogP contribution in [0.4, 0.5) is 0 Å². The van der Waals surface area contributed by atoms with E-state index in [0.717, 1.165) is 27.9 Å². The van der Waals surface area contributed by atoms with Crippen LogP contribution in [0.5, 0.6) is 5.75 Å². The first-order valence-corrected chi connectivity index (χ1v) is 8.14. The van der Waals surface area contributed by atoms with Crippen molar-refractivity contribution in [2.75, 3.05) is 7.11 Å². The molecule has 24 heavy (non-hydrogen) atoms. The number of aryl methyl sites for hydroxylation is 1. The number of methoxy groups -OCH3 is 1. The highest BCUT2D eigenvalue weighted by atomic mass is 16.5. The Morgan fingerprint density at radius 1 is 0.958 bits per heavy atom. The molecule has 0 bridgehead atoms. The molecule has 126 valence electrons. The quantitative estimate of drug-likeness (QED) is 0.728. The number of ether oxygens (including phenoxy) is 1. The Balaban J connectivity index is 2.11. The largest absolute Gasteiger partial charge is 0.497 e. The van der Waals surface area contributed by atoms with E-state index in [4.69, 9.17) is 4.74 Å². The van der Waals surface area contributed by atoms with Gasteiger partial charge in [0.05, 0.1) is 18.1 Å². The Labute approximate surface area is 142 Å². The molecule has 0 aliphatic carbocycles. The number of aromatic nitrogens is 2. The van der Waals surface area contributed by atoms with Gasteiger partial charge in [-0.05, 0) is 40.8 Å². The predicted octanol–water partition coefficient (Wildman–Crippen LogP) is 4.06. The van der Waals surface area contributed by atoms with E-state index in [1.54, 1.807) is 11.7 Å². The molecule has 1 aromatic heterocycles. The van der Waals surface area contributed by atoms with Crippen LogP contribution in [0.2, 0.25) is 0 Å². The summed E-state index contributed by atoms with van der Waals surface area (Å²) < 4.78 is 8.81. The number of hydrogen-bond acceptors (Lipinski definition) is 2. The van der Waals surface area contributed by atoms with E-state index in [1.165, 1.54) is 0 Å². The molecule has 0 amide bonds. The topological polar surface area (TPSA) is 36.2 Å². The number of fused-ring (bicyclic) bond motifs is 1. The summed E-state index contributed by atoms with van der Waals surface area (Å²) in [6.07, 6.45) is 0. The second-order valence-electron chi connectivity index (χ2n) is 7.42. The smallest absolute Gasteiger partial charge is 0.328 e. The Kier molecular flexibility index (Phi) is 3.99. The number of rotatable bonds is 3. The molecule has 3 rings (SSSR count). The van der Waals surface area contributed by atoms with Crippen LogP contribution in [0.25, 0.3) is 22.2 Å². The SMILES string of the molecule is COc1ccc(-c2ccc3c(c2)n(C)c(=O)n3CC(C)(C)C)cc1. The van der Waals surface area contributed by atoms with Gasteiger partial charge in [0.1, 0.15) is 5.75 Å². The molecule has 0 N–H and O–H groups in total. The van der Waals surface area contributed by atoms with Crippen molar-refractivity contribution in [2.45, 2.75) is 27.3 Å². The molecule has 0 fully saturated rings. The van der Waals surface area contributed by atoms with E-state index in [1.807, 2.05) is 41.9 Å². The van der Waals surface area contributed by atoms with Crippen LogP contribution in [0.1, 0.15) is 20.8 Å². The number of hydrogen-bond donors (Lipinski definition) is 0. The van der Waals surface area contributed by atoms with E-state index < -0.39 is 0 Å². The van der Waals surface area contributed by atoms with Crippen molar-refractivity contribution in [1.82, 2.24) is 9.13 Å². The lowest BCUT2D eigenvalue weighted by Crippen LogP contribution is -2.27. The lowest BCUT2D eigenvalue weighted by Gasteiger charge is -2.18. The zero-order valence-electron chi connectivity index (χ0n) is 15.0. The van der Waals surface area contributed by atoms with Gasteiger partial charge in [0.15, 0.2) is 0 Å². The Morgan fingerprint density at radius 2 is 1.58 bits per heavy atom. The average Bonchev–Trinajstić information content (AvgIpc) is 2.78. The summed E-state index contributed by atoms with van der Waals surface area (Å²) in [5.41, 5.74) is 4.22. The fourth-order valence-corrected chi connectivity index (χ4v) is 3.00. The van der Waals surface area contributed by atoms with Gasteiger partial charge in [0.25, 0.3) is 0 Å². The molecule has 4 nitrogen and oxygen atoms in total. The van der Waals surface area contributed by atoms with Gasteiger partial charge < -0.3 is 4.74 Å². The van der Waals surface area contributed by atoms with E-state index in [9.17, 15) is 4.79 Å². The standard InChI is InChI=1S/C20H24N2O2/c1-20(2,3)13-22-17-11-8-15(12-18(17)21(4)19(22)23)14-6-9-16(24-5)10-7-14/h6-12H,13H2,1-5H3. The maximum absolute atomic E-state index is 12.6. The molecule has 0 aliphatic rings. The predicted molar refractivity (Wildman–Crippen MR) is 98.6 cm³/mol. The molecule has 0 spiro atoms. The van der Waals surface area contributed by atoms with E-state index in [0.29, 0.717) is 6.54 Å². The summed E-state index contributed by atoms with van der Waals surface area (Å²) in [4.78, 5) is 12.6. The average molecular weight is 324 g/mol. The zero-order chi connectivity index (χ0) is 17.5. The molecule has 0 unspecified atom stereocenters. The van der Waals surface area contributed by atoms with E-state index in [2.05, 4.69) is 32.9 Å². The van der Waals surface area contributed by atoms with Gasteiger partial charge in [0.2, 0.25) is 0 Å². The van der Waals surface area contributed by atoms with Crippen molar-refractivity contribution >= 4 is 11.0 Å². The first-order valence-electron chi connectivity index (χ1n) is 8.14. The van der Waals surface area contributed by atoms with Gasteiger partial charge in [-0.3, -0.25) is 9.13 Å². The Hall–Kier alpha value is -2.49. The summed E-state index contributed by atoms with van der Waals surface area (Å²) in [7, 11) is 3.50. The van der Waals surface area contributed by atoms with Crippen LogP contribution in [0, 0.1) is 5.41 Å². The van der Waals surface area contributed by atoms with Gasteiger partial charge in [-0.1, -0.05) is 39.0 Å². The summed E-state index contributed by atoms with van der Waals surface area (Å²) in [5.74, 6) is 0.837. The Bertz CT molecular complexity index is 925. The van der Waals surface area contributed by atoms with Crippen molar-refractivity contribution in [3.05, 3.63) is 52.9 Å². The van der Waals surface area contributed by atoms with E-state index >= 15 is 0 Å². The fraction of sp³-hybridized carbons (Fsp3) is 0.350. The van der Waals surface area contributed by atoms with Crippen LogP contribution >= 0.6 is 0 Å². The molecule has 4 heteroatoms. The molecule has 0 radical (unpaired) electrons. The molecule has 2 aromatic carbocycles. The van der Waals surface area contributed by atoms with Gasteiger partial charge >= 0.3 is 5.69 Å². The molecular weight excluding hydrogens is 300 g/mol. The Morgan fingerprint density at radius 3 is 2.17 bits per heavy atom. The first kappa shape index (κ1) is 16.4. The van der Waals surface area contributed by atoms with Crippen LogP contribution in [-0.4, -0.2) is 16.2 Å². The second-order valence-corrected chi connectivity index (χ2v) is 7.42. The maximum atomic E-state index is 12.6. The highest BCUT2D eigenvalue weighted by Crippen LogP contribution is 2.27. The third-order valence-corrected chi connectivity index (χ3v) is 4.20. The highest BCUT2D eigenvalue weighted by Gasteiger charge is 2.17. The van der Waals surface area contributed by atoms with Gasteiger partial charge in [-0.2, -0.15) is 0 Å². The fourth-order valence-electron chi connectivity index (χ4n) is 3.00. The maximum Gasteiger partial charge on any atom is 0.328 e. The lowest BCUT2D eigenvalue weighted by molar-refractivity contribution is 0.342. The number of nitrogens with zero attached hydrogens (tertiary/aromatic N) is 2. The molecule has 0 aliphatic heterocycles. The van der Waals surface area contributed by atoms with Crippen molar-refractivity contribution in [3.63, 3.8) is 0 Å². The van der Waals surface area contributed by atoms with E-state index in [-0.39, 0.29) is 11.1 Å². The number of imidazole rings is 1. The third-order valence-electron chi connectivity index (χ3n) is 4.20. The second kappa shape index (κ2) is 5.86. The number of benzene rings is 2. The highest BCUT2D eigenvalue weighted by molar-refractivity contribution is 5.82. The van der Waals surface area contributed by atoms with Gasteiger partial charge in [-0.15, -0.1) is 0 Å². The molecule has 3 aromatic rings. The third kappa shape index (κ3) is 2.96. The summed E-state index contributed by atoms with van der Waals surface area (Å²) in [6, 6.07) is 14.2. The minimum Gasteiger partial charge on any atom is -0.497 e. The minimum absolute atomic E-state index is 0.0341. The monoisotopic (exact) mass is 324 g/mol. The van der Waals surface area contributed by atoms with Crippen molar-refractivity contribution in [1.29, 1.82) is 0 Å². The lowest BCUT2D eigenvalue weighted by atomic mass is 9.97. The minimum atomic E-state index is 0.0341. The summed E-state index contributed by atoms with van der Waals surface area (Å²) >= 11 is 0. The van der Waals surface area contributed by atoms with Crippen LogP contribution in [0.15, 0.2) is 47.3 Å². The van der Waals surface area contributed by atoms with Gasteiger partial charge in [0, 0.05) is 13.6 Å². The summed E-state index contributed by atoms with van der Waals surface area (Å²) in [6.45, 7) is 7.13. The first-order chi connectivity index (χ1) is 11.3. The normalized spacial score (nSPS) is 11.9. The van der Waals surface area contributed by atoms with Crippen molar-refractivity contribution < 1.29 is 4.74 Å². The molecule has 0 saturated carbocycles.